The van der Waals surface area contributed by atoms with E-state index in [0.29, 0.717) is 27.1 Å². The number of aromatic hydroxyl groups is 1. The molecule has 39 heavy (non-hydrogen) atoms. The zero-order valence-corrected chi connectivity index (χ0v) is 21.6. The third-order valence-corrected chi connectivity index (χ3v) is 8.47. The second kappa shape index (κ2) is 8.99. The van der Waals surface area contributed by atoms with Crippen LogP contribution in [-0.2, 0) is 25.6 Å². The molecule has 4 N–H and O–H groups in total. The molecule has 0 spiro atoms. The van der Waals surface area contributed by atoms with Crippen molar-refractivity contribution in [2.45, 2.75) is 24.5 Å². The topological polar surface area (TPSA) is 175 Å². The number of likely N-dealkylation sites (N-methyl/N-ethyl adjacent to an activating group) is 1. The Hall–Kier alpha value is -4.09. The van der Waals surface area contributed by atoms with Crippen molar-refractivity contribution in [1.29, 1.82) is 0 Å². The second-order valence-corrected chi connectivity index (χ2v) is 10.8. The minimum Gasteiger partial charge on any atom is -0.507 e. The summed E-state index contributed by atoms with van der Waals surface area (Å²) in [7, 11) is 4.42. The lowest BCUT2D eigenvalue weighted by Crippen LogP contribution is -2.74. The number of hydrogen-bond acceptors (Lipinski definition) is 9. The van der Waals surface area contributed by atoms with Gasteiger partial charge in [-0.15, -0.1) is 0 Å². The smallest absolute Gasteiger partial charge is 0.256 e. The molecule has 2 fully saturated rings. The van der Waals surface area contributed by atoms with Crippen LogP contribution in [0.15, 0.2) is 36.4 Å². The molecule has 0 saturated heterocycles. The summed E-state index contributed by atoms with van der Waals surface area (Å²) < 4.78 is 0.690. The number of ketones is 4. The summed E-state index contributed by atoms with van der Waals surface area (Å²) in [6.45, 7) is 0. The fourth-order valence-corrected chi connectivity index (χ4v) is 6.74. The molecule has 0 aromatic heterocycles. The highest BCUT2D eigenvalue weighted by molar-refractivity contribution is 6.32. The summed E-state index contributed by atoms with van der Waals surface area (Å²) >= 11 is 0. The Morgan fingerprint density at radius 2 is 1.79 bits per heavy atom. The first-order valence-corrected chi connectivity index (χ1v) is 12.5. The molecule has 6 atom stereocenters. The summed E-state index contributed by atoms with van der Waals surface area (Å²) in [6.07, 6.45) is 0.0926. The van der Waals surface area contributed by atoms with Crippen LogP contribution < -0.4 is 5.73 Å². The van der Waals surface area contributed by atoms with E-state index in [1.54, 1.807) is 30.3 Å². The van der Waals surface area contributed by atoms with E-state index < -0.39 is 64.4 Å². The van der Waals surface area contributed by atoms with Crippen molar-refractivity contribution in [3.63, 3.8) is 0 Å². The lowest BCUT2D eigenvalue weighted by atomic mass is 9.52. The minimum atomic E-state index is -2.77. The van der Waals surface area contributed by atoms with E-state index >= 15 is 0 Å². The Labute approximate surface area is 223 Å². The van der Waals surface area contributed by atoms with Gasteiger partial charge in [0.25, 0.3) is 5.69 Å². The van der Waals surface area contributed by atoms with Crippen LogP contribution in [0.3, 0.4) is 0 Å². The van der Waals surface area contributed by atoms with E-state index in [2.05, 4.69) is 0 Å². The highest BCUT2D eigenvalue weighted by atomic mass is 16.3. The van der Waals surface area contributed by atoms with Crippen molar-refractivity contribution in [3.8, 4) is 16.9 Å². The van der Waals surface area contributed by atoms with E-state index in [1.165, 1.54) is 32.1 Å². The number of nitrogens with two attached hydrogens (primary N) is 1. The van der Waals surface area contributed by atoms with E-state index in [4.69, 9.17) is 5.73 Å². The Morgan fingerprint density at radius 3 is 2.41 bits per heavy atom. The summed E-state index contributed by atoms with van der Waals surface area (Å²) in [4.78, 5) is 79.6. The zero-order chi connectivity index (χ0) is 28.5. The van der Waals surface area contributed by atoms with Crippen molar-refractivity contribution < 1.29 is 38.9 Å². The minimum absolute atomic E-state index is 0.0394. The van der Waals surface area contributed by atoms with Crippen LogP contribution in [0.2, 0.25) is 0 Å². The third-order valence-electron chi connectivity index (χ3n) is 8.47. The number of rotatable bonds is 4. The van der Waals surface area contributed by atoms with Gasteiger partial charge in [0.05, 0.1) is 17.5 Å². The standard InChI is InChI=1S/C28H27N3O8/c1-30(2)22-17-11-13-10-16-15(12-5-4-6-14(9-12)31(3)39)7-8-18(32)20(16)23(33)19(13)25(35)28(17,38)26(36)21(24(22)34)27(29)37/h4-9,13,17,19,21-22,38H,10-11H2,1-3H3,(H2-,29,32,33,37)/p+1/t13-,17-,19?,21?,22-,28-/m0/s1. The lowest BCUT2D eigenvalue weighted by Gasteiger charge is -2.52. The molecule has 0 heterocycles. The van der Waals surface area contributed by atoms with Crippen LogP contribution in [0, 0.1) is 28.6 Å². The molecule has 5 rings (SSSR count). The first kappa shape index (κ1) is 26.5. The van der Waals surface area contributed by atoms with Gasteiger partial charge in [-0.05, 0) is 55.6 Å². The monoisotopic (exact) mass is 534 g/mol. The predicted octanol–water partition coefficient (Wildman–Crippen LogP) is 0.574. The van der Waals surface area contributed by atoms with Gasteiger partial charge in [-0.3, -0.25) is 28.9 Å². The summed E-state index contributed by atoms with van der Waals surface area (Å²) in [5.41, 5.74) is 4.52. The Balaban J connectivity index is 1.66. The molecule has 0 radical (unpaired) electrons. The van der Waals surface area contributed by atoms with Gasteiger partial charge in [-0.25, -0.2) is 0 Å². The molecule has 2 aromatic rings. The average Bonchev–Trinajstić information content (AvgIpc) is 2.86. The Bertz CT molecular complexity index is 1500. The van der Waals surface area contributed by atoms with E-state index in [9.17, 15) is 39.1 Å². The number of Topliss-reactive ketones (excluding diaryl/α,β-unsaturated/α-hetero) is 4. The van der Waals surface area contributed by atoms with Gasteiger partial charge in [-0.1, -0.05) is 18.2 Å². The summed E-state index contributed by atoms with van der Waals surface area (Å²) in [5, 5.41) is 22.3. The molecule has 0 bridgehead atoms. The number of carbonyl (C=O) groups is 5. The molecule has 1 amide bonds. The number of aliphatic hydroxyl groups is 1. The number of benzene rings is 2. The molecule has 2 aromatic carbocycles. The average molecular weight is 535 g/mol. The van der Waals surface area contributed by atoms with Crippen molar-refractivity contribution in [1.82, 2.24) is 4.90 Å². The van der Waals surface area contributed by atoms with Crippen LogP contribution >= 0.6 is 0 Å². The zero-order valence-electron chi connectivity index (χ0n) is 21.6. The number of hydrogen-bond donors (Lipinski definition) is 3. The molecular formula is C28H28N3O8+. The fourth-order valence-electron chi connectivity index (χ4n) is 6.74. The molecule has 2 saturated carbocycles. The summed E-state index contributed by atoms with van der Waals surface area (Å²) in [6, 6.07) is 8.49. The van der Waals surface area contributed by atoms with Crippen molar-refractivity contribution in [3.05, 3.63) is 52.4 Å². The number of fused-ring (bicyclic) bond motifs is 3. The molecule has 3 aliphatic carbocycles. The fraction of sp³-hybridized carbons (Fsp3) is 0.393. The van der Waals surface area contributed by atoms with Gasteiger partial charge in [0.1, 0.15) is 5.75 Å². The van der Waals surface area contributed by atoms with E-state index in [-0.39, 0.29) is 24.2 Å². The molecule has 3 aliphatic rings. The number of primary amides is 1. The van der Waals surface area contributed by atoms with E-state index in [1.807, 2.05) is 0 Å². The molecule has 11 nitrogen and oxygen atoms in total. The Morgan fingerprint density at radius 1 is 1.10 bits per heavy atom. The molecule has 0 aliphatic heterocycles. The van der Waals surface area contributed by atoms with Crippen LogP contribution in [0.4, 0.5) is 5.69 Å². The first-order valence-electron chi connectivity index (χ1n) is 12.5. The number of nitroso groups, excluding NO2 is 1. The lowest BCUT2D eigenvalue weighted by molar-refractivity contribution is -0.428. The largest absolute Gasteiger partial charge is 0.507 e. The van der Waals surface area contributed by atoms with Crippen LogP contribution in [0.5, 0.6) is 5.75 Å². The van der Waals surface area contributed by atoms with Gasteiger partial charge in [0.15, 0.2) is 41.7 Å². The normalized spacial score (nSPS) is 30.0. The quantitative estimate of drug-likeness (QED) is 0.374. The molecule has 11 heteroatoms. The van der Waals surface area contributed by atoms with Gasteiger partial charge >= 0.3 is 0 Å². The number of carbonyl (C=O) groups excluding carboxylic acids is 5. The first-order chi connectivity index (χ1) is 18.3. The van der Waals surface area contributed by atoms with Crippen molar-refractivity contribution >= 4 is 34.7 Å². The number of phenolic OH excluding ortho intramolecular Hbond substituents is 1. The maximum atomic E-state index is 13.9. The van der Waals surface area contributed by atoms with Crippen LogP contribution in [0.1, 0.15) is 22.3 Å². The van der Waals surface area contributed by atoms with Crippen molar-refractivity contribution in [2.75, 3.05) is 21.1 Å². The summed E-state index contributed by atoms with van der Waals surface area (Å²) in [5.74, 6) is -10.9. The number of phenols is 1. The highest BCUT2D eigenvalue weighted by Crippen LogP contribution is 2.51. The predicted molar refractivity (Wildman–Crippen MR) is 136 cm³/mol. The SMILES string of the molecule is CN(C)[C@@H]1C(=O)C(C(N)=O)C(=O)[C@@]2(O)C(=O)C3C(=O)c4c(O)ccc(-c5cccc([N+](C)=O)c5)c4C[C@H]3C[C@@H]12. The highest BCUT2D eigenvalue weighted by Gasteiger charge is 2.69. The number of amides is 1. The van der Waals surface area contributed by atoms with Gasteiger partial charge in [0, 0.05) is 27.7 Å². The molecule has 2 unspecified atom stereocenters. The molecule has 202 valence electrons. The van der Waals surface area contributed by atoms with Gasteiger partial charge in [0.2, 0.25) is 5.91 Å². The van der Waals surface area contributed by atoms with Crippen LogP contribution in [-0.4, -0.2) is 81.7 Å². The van der Waals surface area contributed by atoms with Crippen molar-refractivity contribution in [2.24, 2.45) is 29.4 Å². The van der Waals surface area contributed by atoms with Gasteiger partial charge in [-0.2, -0.15) is 0 Å². The second-order valence-electron chi connectivity index (χ2n) is 10.8. The van der Waals surface area contributed by atoms with Gasteiger partial charge < -0.3 is 15.9 Å². The maximum Gasteiger partial charge on any atom is 0.256 e. The van der Waals surface area contributed by atoms with E-state index in [0.717, 1.165) is 0 Å². The third kappa shape index (κ3) is 3.68. The Kier molecular flexibility index (Phi) is 6.11. The maximum absolute atomic E-state index is 13.9. The number of nitrogens with zero attached hydrogens (tertiary/aromatic N) is 2. The molecular weight excluding hydrogens is 506 g/mol. The van der Waals surface area contributed by atoms with Crippen LogP contribution in [0.25, 0.3) is 11.1 Å².